The predicted molar refractivity (Wildman–Crippen MR) is 45.9 cm³/mol. The van der Waals surface area contributed by atoms with Gasteiger partial charge in [-0.2, -0.15) is 0 Å². The first kappa shape index (κ1) is 9.70. The second-order valence-electron chi connectivity index (χ2n) is 2.56. The third-order valence-corrected chi connectivity index (χ3v) is 1.82. The lowest BCUT2D eigenvalue weighted by Gasteiger charge is -2.11. The standard InChI is InChI=1S/C9H18N/c1-4-6-7-8-9(5-2)10-3/h1,4,9-10H,5-8H2,2-3H3. The van der Waals surface area contributed by atoms with Crippen LogP contribution in [0.25, 0.3) is 0 Å². The number of unbranched alkanes of at least 4 members (excludes halogenated alkanes) is 1. The van der Waals surface area contributed by atoms with Crippen molar-refractivity contribution in [2.75, 3.05) is 7.05 Å². The molecule has 0 fully saturated rings. The Labute approximate surface area is 64.5 Å². The Balaban J connectivity index is 3.16. The summed E-state index contributed by atoms with van der Waals surface area (Å²) in [6.07, 6.45) is 6.43. The molecular formula is C9H18N. The van der Waals surface area contributed by atoms with Crippen LogP contribution in [0, 0.1) is 6.58 Å². The second-order valence-corrected chi connectivity index (χ2v) is 2.56. The lowest BCUT2D eigenvalue weighted by atomic mass is 10.1. The average molecular weight is 140 g/mol. The monoisotopic (exact) mass is 140 g/mol. The molecule has 0 amide bonds. The van der Waals surface area contributed by atoms with Gasteiger partial charge < -0.3 is 5.32 Å². The van der Waals surface area contributed by atoms with E-state index in [2.05, 4.69) is 12.2 Å². The summed E-state index contributed by atoms with van der Waals surface area (Å²) in [5, 5.41) is 3.26. The quantitative estimate of drug-likeness (QED) is 0.557. The van der Waals surface area contributed by atoms with E-state index in [9.17, 15) is 0 Å². The zero-order chi connectivity index (χ0) is 7.82. The Morgan fingerprint density at radius 3 is 2.70 bits per heavy atom. The van der Waals surface area contributed by atoms with Crippen LogP contribution in [0.3, 0.4) is 0 Å². The summed E-state index contributed by atoms with van der Waals surface area (Å²) >= 11 is 0. The number of allylic oxidation sites excluding steroid dienone is 1. The smallest absolute Gasteiger partial charge is 0.00615 e. The van der Waals surface area contributed by atoms with Crippen molar-refractivity contribution >= 4 is 0 Å². The molecule has 1 atom stereocenters. The fraction of sp³-hybridized carbons (Fsp3) is 0.778. The summed E-state index contributed by atoms with van der Waals surface area (Å²) in [6.45, 7) is 7.45. The minimum absolute atomic E-state index is 0.681. The van der Waals surface area contributed by atoms with Crippen LogP contribution in [0.2, 0.25) is 0 Å². The first-order chi connectivity index (χ1) is 4.85. The van der Waals surface area contributed by atoms with Crippen molar-refractivity contribution in [2.24, 2.45) is 0 Å². The van der Waals surface area contributed by atoms with Crippen LogP contribution in [-0.4, -0.2) is 13.1 Å². The molecule has 0 aliphatic rings. The SMILES string of the molecule is [CH]=CCCCC(CC)NC. The van der Waals surface area contributed by atoms with Gasteiger partial charge >= 0.3 is 0 Å². The van der Waals surface area contributed by atoms with Crippen LogP contribution in [0.15, 0.2) is 6.08 Å². The molecule has 0 aliphatic heterocycles. The molecule has 0 aliphatic carbocycles. The second kappa shape index (κ2) is 6.81. The average Bonchev–Trinajstić information content (AvgIpc) is 1.99. The first-order valence-corrected chi connectivity index (χ1v) is 4.05. The highest BCUT2D eigenvalue weighted by atomic mass is 14.9. The van der Waals surface area contributed by atoms with Crippen LogP contribution < -0.4 is 5.32 Å². The summed E-state index contributed by atoms with van der Waals surface area (Å²) in [6, 6.07) is 0.681. The van der Waals surface area contributed by atoms with E-state index >= 15 is 0 Å². The van der Waals surface area contributed by atoms with Gasteiger partial charge in [-0.1, -0.05) is 19.6 Å². The van der Waals surface area contributed by atoms with Crippen molar-refractivity contribution in [2.45, 2.75) is 38.6 Å². The van der Waals surface area contributed by atoms with Gasteiger partial charge in [-0.3, -0.25) is 0 Å². The molecule has 0 bridgehead atoms. The third kappa shape index (κ3) is 4.57. The highest BCUT2D eigenvalue weighted by Crippen LogP contribution is 2.03. The maximum absolute atomic E-state index is 5.25. The van der Waals surface area contributed by atoms with Crippen molar-refractivity contribution < 1.29 is 0 Å². The Morgan fingerprint density at radius 2 is 2.30 bits per heavy atom. The molecule has 1 heteroatoms. The first-order valence-electron chi connectivity index (χ1n) is 4.05. The molecule has 0 spiro atoms. The molecule has 0 heterocycles. The summed E-state index contributed by atoms with van der Waals surface area (Å²) in [5.41, 5.74) is 0. The zero-order valence-corrected chi connectivity index (χ0v) is 7.06. The fourth-order valence-electron chi connectivity index (χ4n) is 1.03. The van der Waals surface area contributed by atoms with Crippen molar-refractivity contribution in [3.8, 4) is 0 Å². The van der Waals surface area contributed by atoms with Crippen molar-refractivity contribution in [3.63, 3.8) is 0 Å². The number of hydrogen-bond donors (Lipinski definition) is 1. The summed E-state index contributed by atoms with van der Waals surface area (Å²) in [5.74, 6) is 0. The Morgan fingerprint density at radius 1 is 1.60 bits per heavy atom. The maximum atomic E-state index is 5.25. The molecule has 1 N–H and O–H groups in total. The molecule has 0 rings (SSSR count). The third-order valence-electron chi connectivity index (χ3n) is 1.82. The molecule has 0 aromatic heterocycles. The predicted octanol–water partition coefficient (Wildman–Crippen LogP) is 2.14. The molecule has 10 heavy (non-hydrogen) atoms. The van der Waals surface area contributed by atoms with E-state index in [1.807, 2.05) is 7.05 Å². The molecule has 0 saturated carbocycles. The van der Waals surface area contributed by atoms with E-state index in [0.29, 0.717) is 6.04 Å². The Bertz CT molecular complexity index is 74.8. The minimum Gasteiger partial charge on any atom is -0.317 e. The van der Waals surface area contributed by atoms with Gasteiger partial charge in [-0.05, 0) is 32.7 Å². The number of hydrogen-bond acceptors (Lipinski definition) is 1. The van der Waals surface area contributed by atoms with Crippen LogP contribution >= 0.6 is 0 Å². The van der Waals surface area contributed by atoms with Gasteiger partial charge in [0.1, 0.15) is 0 Å². The molecule has 0 aromatic rings. The fourth-order valence-corrected chi connectivity index (χ4v) is 1.03. The highest BCUT2D eigenvalue weighted by molar-refractivity contribution is 4.67. The number of rotatable bonds is 6. The van der Waals surface area contributed by atoms with Gasteiger partial charge in [-0.15, -0.1) is 0 Å². The van der Waals surface area contributed by atoms with E-state index in [-0.39, 0.29) is 0 Å². The lowest BCUT2D eigenvalue weighted by molar-refractivity contribution is 0.494. The summed E-state index contributed by atoms with van der Waals surface area (Å²) in [4.78, 5) is 0. The van der Waals surface area contributed by atoms with E-state index < -0.39 is 0 Å². The van der Waals surface area contributed by atoms with Crippen LogP contribution in [0.1, 0.15) is 32.6 Å². The topological polar surface area (TPSA) is 12.0 Å². The van der Waals surface area contributed by atoms with Gasteiger partial charge in [0.25, 0.3) is 0 Å². The Hall–Kier alpha value is -0.300. The molecule has 1 nitrogen and oxygen atoms in total. The molecular weight excluding hydrogens is 122 g/mol. The van der Waals surface area contributed by atoms with Crippen LogP contribution in [0.5, 0.6) is 0 Å². The summed E-state index contributed by atoms with van der Waals surface area (Å²) < 4.78 is 0. The van der Waals surface area contributed by atoms with Crippen LogP contribution in [0.4, 0.5) is 0 Å². The highest BCUT2D eigenvalue weighted by Gasteiger charge is 1.99. The molecule has 0 saturated heterocycles. The lowest BCUT2D eigenvalue weighted by Crippen LogP contribution is -2.23. The van der Waals surface area contributed by atoms with E-state index in [1.54, 1.807) is 6.08 Å². The van der Waals surface area contributed by atoms with Crippen molar-refractivity contribution in [3.05, 3.63) is 12.7 Å². The zero-order valence-electron chi connectivity index (χ0n) is 7.06. The van der Waals surface area contributed by atoms with Gasteiger partial charge in [0, 0.05) is 6.04 Å². The molecule has 0 aromatic carbocycles. The largest absolute Gasteiger partial charge is 0.317 e. The normalized spacial score (nSPS) is 13.0. The maximum Gasteiger partial charge on any atom is 0.00615 e. The van der Waals surface area contributed by atoms with Crippen LogP contribution in [-0.2, 0) is 0 Å². The Kier molecular flexibility index (Phi) is 6.61. The summed E-state index contributed by atoms with van der Waals surface area (Å²) in [7, 11) is 2.01. The number of nitrogens with one attached hydrogen (secondary N) is 1. The van der Waals surface area contributed by atoms with Crippen molar-refractivity contribution in [1.82, 2.24) is 5.32 Å². The van der Waals surface area contributed by atoms with E-state index in [0.717, 1.165) is 6.42 Å². The van der Waals surface area contributed by atoms with Crippen molar-refractivity contribution in [1.29, 1.82) is 0 Å². The van der Waals surface area contributed by atoms with E-state index in [1.165, 1.54) is 19.3 Å². The van der Waals surface area contributed by atoms with Gasteiger partial charge in [0.05, 0.1) is 0 Å². The molecule has 1 radical (unpaired) electrons. The molecule has 1 unspecified atom stereocenters. The molecule has 59 valence electrons. The van der Waals surface area contributed by atoms with E-state index in [4.69, 9.17) is 6.58 Å². The van der Waals surface area contributed by atoms with Gasteiger partial charge in [0.2, 0.25) is 0 Å². The minimum atomic E-state index is 0.681. The van der Waals surface area contributed by atoms with Gasteiger partial charge in [0.15, 0.2) is 0 Å². The van der Waals surface area contributed by atoms with Gasteiger partial charge in [-0.25, -0.2) is 0 Å².